The molecule has 0 saturated heterocycles. The lowest BCUT2D eigenvalue weighted by Gasteiger charge is -2.12. The molecule has 4 nitrogen and oxygen atoms in total. The molecule has 1 atom stereocenters. The molecular weight excluding hydrogens is 288 g/mol. The van der Waals surface area contributed by atoms with Crippen LogP contribution in [0.4, 0.5) is 0 Å². The maximum Gasteiger partial charge on any atom is 0.307 e. The number of para-hydroxylation sites is 1. The summed E-state index contributed by atoms with van der Waals surface area (Å²) in [5.41, 5.74) is 9.57. The smallest absolute Gasteiger partial charge is 0.307 e. The van der Waals surface area contributed by atoms with E-state index in [0.717, 1.165) is 12.1 Å². The number of nitrogens with two attached hydrogens (primary N) is 1. The lowest BCUT2D eigenvalue weighted by molar-refractivity contribution is -0.143. The van der Waals surface area contributed by atoms with Gasteiger partial charge in [0.1, 0.15) is 0 Å². The fourth-order valence-electron chi connectivity index (χ4n) is 3.16. The molecule has 120 valence electrons. The summed E-state index contributed by atoms with van der Waals surface area (Å²) in [5, 5.41) is 2.40. The van der Waals surface area contributed by atoms with Gasteiger partial charge in [-0.3, -0.25) is 4.79 Å². The summed E-state index contributed by atoms with van der Waals surface area (Å²) in [6.07, 6.45) is 0.200. The van der Waals surface area contributed by atoms with Crippen LogP contribution in [0.5, 0.6) is 0 Å². The van der Waals surface area contributed by atoms with E-state index in [1.807, 2.05) is 12.1 Å². The van der Waals surface area contributed by atoms with Crippen molar-refractivity contribution in [2.75, 3.05) is 6.61 Å². The van der Waals surface area contributed by atoms with E-state index in [1.165, 1.54) is 21.8 Å². The highest BCUT2D eigenvalue weighted by Gasteiger charge is 2.15. The number of carbonyl (C=O) groups is 1. The van der Waals surface area contributed by atoms with E-state index in [2.05, 4.69) is 41.8 Å². The Morgan fingerprint density at radius 3 is 2.61 bits per heavy atom. The summed E-state index contributed by atoms with van der Waals surface area (Å²) < 4.78 is 7.29. The van der Waals surface area contributed by atoms with Crippen molar-refractivity contribution in [2.45, 2.75) is 32.9 Å². The zero-order valence-corrected chi connectivity index (χ0v) is 13.6. The lowest BCUT2D eigenvalue weighted by atomic mass is 10.0. The van der Waals surface area contributed by atoms with Crippen molar-refractivity contribution in [3.63, 3.8) is 0 Å². The fraction of sp³-hybridized carbons (Fsp3) is 0.316. The number of carbonyl (C=O) groups excluding carboxylic acids is 1. The Morgan fingerprint density at radius 1 is 1.13 bits per heavy atom. The summed E-state index contributed by atoms with van der Waals surface area (Å²) in [6, 6.07) is 14.2. The lowest BCUT2D eigenvalue weighted by Crippen LogP contribution is -2.17. The van der Waals surface area contributed by atoms with E-state index >= 15 is 0 Å². The van der Waals surface area contributed by atoms with E-state index in [-0.39, 0.29) is 18.4 Å². The molecule has 0 bridgehead atoms. The van der Waals surface area contributed by atoms with Crippen LogP contribution in [0.2, 0.25) is 0 Å². The van der Waals surface area contributed by atoms with Crippen LogP contribution in [-0.4, -0.2) is 17.1 Å². The fourth-order valence-corrected chi connectivity index (χ4v) is 3.16. The van der Waals surface area contributed by atoms with Crippen molar-refractivity contribution in [3.8, 4) is 0 Å². The third kappa shape index (κ3) is 2.82. The third-order valence-electron chi connectivity index (χ3n) is 4.23. The van der Waals surface area contributed by atoms with Gasteiger partial charge in [0.2, 0.25) is 0 Å². The first-order valence-corrected chi connectivity index (χ1v) is 8.07. The molecular formula is C19H22N2O2. The molecule has 0 saturated carbocycles. The molecule has 0 aliphatic heterocycles. The van der Waals surface area contributed by atoms with Crippen molar-refractivity contribution in [1.29, 1.82) is 0 Å². The van der Waals surface area contributed by atoms with Gasteiger partial charge in [0.15, 0.2) is 0 Å². The highest BCUT2D eigenvalue weighted by Crippen LogP contribution is 2.31. The Bertz CT molecular complexity index is 851. The molecule has 23 heavy (non-hydrogen) atoms. The van der Waals surface area contributed by atoms with Crippen LogP contribution < -0.4 is 5.73 Å². The number of nitrogens with zero attached hydrogens (tertiary/aromatic N) is 1. The molecule has 1 heterocycles. The van der Waals surface area contributed by atoms with Crippen molar-refractivity contribution in [1.82, 2.24) is 4.57 Å². The second-order valence-corrected chi connectivity index (χ2v) is 5.65. The minimum atomic E-state index is -0.345. The van der Waals surface area contributed by atoms with Gasteiger partial charge in [-0.1, -0.05) is 24.3 Å². The molecule has 3 aromatic rings. The number of rotatable bonds is 5. The van der Waals surface area contributed by atoms with Crippen LogP contribution in [-0.2, 0) is 16.1 Å². The summed E-state index contributed by atoms with van der Waals surface area (Å²) >= 11 is 0. The van der Waals surface area contributed by atoms with E-state index < -0.39 is 0 Å². The first-order valence-electron chi connectivity index (χ1n) is 8.07. The average Bonchev–Trinajstić information content (AvgIpc) is 2.88. The van der Waals surface area contributed by atoms with Gasteiger partial charge in [-0.15, -0.1) is 0 Å². The van der Waals surface area contributed by atoms with Crippen molar-refractivity contribution in [2.24, 2.45) is 5.73 Å². The van der Waals surface area contributed by atoms with Gasteiger partial charge in [-0.2, -0.15) is 0 Å². The summed E-state index contributed by atoms with van der Waals surface area (Å²) in [5.74, 6) is -0.254. The zero-order valence-electron chi connectivity index (χ0n) is 13.6. The molecule has 0 spiro atoms. The predicted octanol–water partition coefficient (Wildman–Crippen LogP) is 3.77. The Kier molecular flexibility index (Phi) is 4.35. The van der Waals surface area contributed by atoms with Crippen molar-refractivity contribution >= 4 is 27.8 Å². The first kappa shape index (κ1) is 15.6. The maximum absolute atomic E-state index is 11.6. The Labute approximate surface area is 135 Å². The maximum atomic E-state index is 11.6. The normalized spacial score (nSPS) is 12.7. The van der Waals surface area contributed by atoms with Crippen LogP contribution in [0.1, 0.15) is 31.9 Å². The molecule has 2 aromatic carbocycles. The predicted molar refractivity (Wildman–Crippen MR) is 93.3 cm³/mol. The molecule has 0 aliphatic carbocycles. The molecule has 0 unspecified atom stereocenters. The number of esters is 1. The Hall–Kier alpha value is -2.33. The number of fused-ring (bicyclic) bond motifs is 3. The molecule has 0 fully saturated rings. The molecule has 0 amide bonds. The van der Waals surface area contributed by atoms with Gasteiger partial charge in [0, 0.05) is 34.4 Å². The van der Waals surface area contributed by atoms with Gasteiger partial charge >= 0.3 is 5.97 Å². The van der Waals surface area contributed by atoms with E-state index in [9.17, 15) is 4.79 Å². The molecule has 2 N–H and O–H groups in total. The van der Waals surface area contributed by atoms with Gasteiger partial charge < -0.3 is 15.0 Å². The Balaban J connectivity index is 2.05. The highest BCUT2D eigenvalue weighted by molar-refractivity contribution is 6.08. The quantitative estimate of drug-likeness (QED) is 0.730. The number of hydrogen-bond acceptors (Lipinski definition) is 3. The average molecular weight is 310 g/mol. The standard InChI is InChI=1S/C19H22N2O2/c1-3-21-17-8-6-5-7-14(17)15-11-13(9-10-18(15)21)16(20)12-19(22)23-4-2/h5-11,16H,3-4,12,20H2,1-2H3/t16-/m0/s1. The number of benzene rings is 2. The SMILES string of the molecule is CCOC(=O)C[C@H](N)c1ccc2c(c1)c1ccccc1n2CC. The van der Waals surface area contributed by atoms with Crippen LogP contribution >= 0.6 is 0 Å². The minimum Gasteiger partial charge on any atom is -0.466 e. The van der Waals surface area contributed by atoms with Gasteiger partial charge in [-0.05, 0) is 37.6 Å². The van der Waals surface area contributed by atoms with Gasteiger partial charge in [0.05, 0.1) is 13.0 Å². The number of aryl methyl sites for hydroxylation is 1. The van der Waals surface area contributed by atoms with Crippen LogP contribution in [0.3, 0.4) is 0 Å². The van der Waals surface area contributed by atoms with Crippen molar-refractivity contribution < 1.29 is 9.53 Å². The molecule has 0 aliphatic rings. The zero-order chi connectivity index (χ0) is 16.4. The number of aromatic nitrogens is 1. The van der Waals surface area contributed by atoms with Gasteiger partial charge in [-0.25, -0.2) is 0 Å². The molecule has 3 rings (SSSR count). The second kappa shape index (κ2) is 6.42. The van der Waals surface area contributed by atoms with E-state index in [0.29, 0.717) is 6.61 Å². The topological polar surface area (TPSA) is 57.2 Å². The summed E-state index contributed by atoms with van der Waals surface area (Å²) in [6.45, 7) is 5.24. The molecule has 4 heteroatoms. The third-order valence-corrected chi connectivity index (χ3v) is 4.23. The van der Waals surface area contributed by atoms with Crippen LogP contribution in [0.15, 0.2) is 42.5 Å². The van der Waals surface area contributed by atoms with E-state index in [1.54, 1.807) is 6.92 Å². The van der Waals surface area contributed by atoms with Crippen molar-refractivity contribution in [3.05, 3.63) is 48.0 Å². The summed E-state index contributed by atoms with van der Waals surface area (Å²) in [4.78, 5) is 11.6. The largest absolute Gasteiger partial charge is 0.466 e. The Morgan fingerprint density at radius 2 is 1.87 bits per heavy atom. The monoisotopic (exact) mass is 310 g/mol. The number of hydrogen-bond donors (Lipinski definition) is 1. The number of ether oxygens (including phenoxy) is 1. The van der Waals surface area contributed by atoms with Crippen LogP contribution in [0, 0.1) is 0 Å². The molecule has 0 radical (unpaired) electrons. The first-order chi connectivity index (χ1) is 11.2. The van der Waals surface area contributed by atoms with E-state index in [4.69, 9.17) is 10.5 Å². The second-order valence-electron chi connectivity index (χ2n) is 5.65. The van der Waals surface area contributed by atoms with Crippen LogP contribution in [0.25, 0.3) is 21.8 Å². The highest BCUT2D eigenvalue weighted by atomic mass is 16.5. The molecule has 1 aromatic heterocycles. The minimum absolute atomic E-state index is 0.200. The summed E-state index contributed by atoms with van der Waals surface area (Å²) in [7, 11) is 0. The van der Waals surface area contributed by atoms with Gasteiger partial charge in [0.25, 0.3) is 0 Å².